The highest BCUT2D eigenvalue weighted by Crippen LogP contribution is 2.76. The molecular formula is C43H61NO4. The molecule has 0 bridgehead atoms. The lowest BCUT2D eigenvalue weighted by Gasteiger charge is -2.71. The van der Waals surface area contributed by atoms with Crippen molar-refractivity contribution in [2.75, 3.05) is 0 Å². The van der Waals surface area contributed by atoms with E-state index >= 15 is 0 Å². The van der Waals surface area contributed by atoms with Gasteiger partial charge < -0.3 is 15.5 Å². The minimum Gasteiger partial charge on any atom is -0.480 e. The van der Waals surface area contributed by atoms with Crippen LogP contribution in [0.4, 0.5) is 0 Å². The number of rotatable bonds is 6. The van der Waals surface area contributed by atoms with Gasteiger partial charge in [0.15, 0.2) is 0 Å². The summed E-state index contributed by atoms with van der Waals surface area (Å²) in [6.45, 7) is 17.2. The van der Waals surface area contributed by atoms with Gasteiger partial charge in [-0.05, 0) is 138 Å². The molecule has 48 heavy (non-hydrogen) atoms. The number of carboxylic acids is 1. The summed E-state index contributed by atoms with van der Waals surface area (Å²) in [5.74, 6) is 0.398. The average Bonchev–Trinajstić information content (AvgIpc) is 3.42. The first-order valence-electron chi connectivity index (χ1n) is 19.1. The number of aliphatic hydroxyl groups excluding tert-OH is 1. The number of fused-ring (bicyclic) bond motifs is 8. The number of carbonyl (C=O) groups is 2. The van der Waals surface area contributed by atoms with E-state index in [1.54, 1.807) is 5.57 Å². The predicted molar refractivity (Wildman–Crippen MR) is 192 cm³/mol. The Morgan fingerprint density at radius 2 is 1.62 bits per heavy atom. The molecule has 0 aliphatic heterocycles. The molecule has 1 amide bonds. The first-order valence-corrected chi connectivity index (χ1v) is 19.1. The van der Waals surface area contributed by atoms with Gasteiger partial charge in [0.05, 0.1) is 6.10 Å². The largest absolute Gasteiger partial charge is 0.480 e. The topological polar surface area (TPSA) is 86.6 Å². The van der Waals surface area contributed by atoms with E-state index in [0.717, 1.165) is 68.9 Å². The Labute approximate surface area is 289 Å². The molecular weight excluding hydrogens is 594 g/mol. The Balaban J connectivity index is 1.16. The summed E-state index contributed by atoms with van der Waals surface area (Å²) in [5.41, 5.74) is 5.47. The van der Waals surface area contributed by atoms with E-state index in [0.29, 0.717) is 30.6 Å². The summed E-state index contributed by atoms with van der Waals surface area (Å²) in [5, 5.41) is 24.4. The SMILES string of the molecule is CC1(C)CC[C@]2(CC(=O)NC(CC3=CCc4ccccc43)C(=O)O)CC[C@]3(C)C(=CC[C@@H]4[C@@]5(C)CC[C@H](O)C(C)(C)[C@@H]5CC[C@]43C)[C@@H]2C1. The third-order valence-corrected chi connectivity index (χ3v) is 16.3. The Morgan fingerprint density at radius 1 is 0.896 bits per heavy atom. The van der Waals surface area contributed by atoms with E-state index in [9.17, 15) is 19.8 Å². The molecule has 262 valence electrons. The fourth-order valence-electron chi connectivity index (χ4n) is 13.2. The van der Waals surface area contributed by atoms with Gasteiger partial charge in [-0.2, -0.15) is 0 Å². The molecule has 6 aliphatic rings. The van der Waals surface area contributed by atoms with Gasteiger partial charge in [0.1, 0.15) is 6.04 Å². The van der Waals surface area contributed by atoms with E-state index in [2.05, 4.69) is 78.1 Å². The van der Waals surface area contributed by atoms with Gasteiger partial charge in [0.25, 0.3) is 0 Å². The van der Waals surface area contributed by atoms with Crippen molar-refractivity contribution in [3.63, 3.8) is 0 Å². The zero-order chi connectivity index (χ0) is 34.5. The van der Waals surface area contributed by atoms with Crippen LogP contribution in [0.25, 0.3) is 5.57 Å². The van der Waals surface area contributed by atoms with Crippen LogP contribution in [-0.2, 0) is 16.0 Å². The molecule has 1 aromatic carbocycles. The number of carbonyl (C=O) groups excluding carboxylic acids is 1. The van der Waals surface area contributed by atoms with Crippen LogP contribution in [0, 0.1) is 50.2 Å². The number of nitrogens with one attached hydrogen (secondary N) is 1. The van der Waals surface area contributed by atoms with Crippen LogP contribution in [-0.4, -0.2) is 34.2 Å². The molecule has 7 rings (SSSR count). The molecule has 4 fully saturated rings. The van der Waals surface area contributed by atoms with Crippen LogP contribution in [0.1, 0.15) is 137 Å². The van der Waals surface area contributed by atoms with E-state index in [1.807, 2.05) is 12.1 Å². The summed E-state index contributed by atoms with van der Waals surface area (Å²) in [6.07, 6.45) is 16.9. The van der Waals surface area contributed by atoms with Crippen molar-refractivity contribution in [2.24, 2.45) is 50.2 Å². The quantitative estimate of drug-likeness (QED) is 0.267. The number of aliphatic hydroxyl groups is 1. The number of amides is 1. The summed E-state index contributed by atoms with van der Waals surface area (Å²) < 4.78 is 0. The van der Waals surface area contributed by atoms with Crippen LogP contribution in [0.3, 0.4) is 0 Å². The minimum absolute atomic E-state index is 0.0623. The molecule has 4 saturated carbocycles. The number of hydrogen-bond donors (Lipinski definition) is 3. The third-order valence-electron chi connectivity index (χ3n) is 16.3. The van der Waals surface area contributed by atoms with Gasteiger partial charge in [-0.3, -0.25) is 4.79 Å². The van der Waals surface area contributed by atoms with Crippen LogP contribution in [0.2, 0.25) is 0 Å². The van der Waals surface area contributed by atoms with Crippen molar-refractivity contribution >= 4 is 17.4 Å². The number of hydrogen-bond acceptors (Lipinski definition) is 3. The number of carboxylic acid groups (broad SMARTS) is 1. The van der Waals surface area contributed by atoms with Crippen molar-refractivity contribution in [1.29, 1.82) is 0 Å². The second kappa shape index (κ2) is 11.3. The van der Waals surface area contributed by atoms with Crippen molar-refractivity contribution in [3.05, 3.63) is 53.1 Å². The molecule has 1 aromatic rings. The fraction of sp³-hybridized carbons (Fsp3) is 0.721. The molecule has 5 nitrogen and oxygen atoms in total. The molecule has 0 heterocycles. The Kier molecular flexibility index (Phi) is 8.02. The van der Waals surface area contributed by atoms with Gasteiger partial charge in [-0.15, -0.1) is 0 Å². The van der Waals surface area contributed by atoms with Gasteiger partial charge in [-0.1, -0.05) is 90.5 Å². The molecule has 3 N–H and O–H groups in total. The summed E-state index contributed by atoms with van der Waals surface area (Å²) in [6, 6.07) is 7.26. The smallest absolute Gasteiger partial charge is 0.326 e. The average molecular weight is 656 g/mol. The standard InChI is InChI=1S/C43H61NO4/c1-38(2)20-22-43(26-36(46)44-32(37(47)48)24-28-13-12-27-10-8-9-11-29(27)28)23-21-41(6)30(31(43)25-38)14-15-34-40(5)18-17-35(45)39(3,4)33(40)16-19-42(34,41)7/h8-11,13-14,31-35,45H,12,15-26H2,1-7H3,(H,44,46)(H,47,48)/t31-,32?,33-,34+,35-,40-,41+,42+,43+/m0/s1. The Bertz CT molecular complexity index is 1550. The normalized spacial score (nSPS) is 41.2. The lowest BCUT2D eigenvalue weighted by Crippen LogP contribution is -2.64. The lowest BCUT2D eigenvalue weighted by molar-refractivity contribution is -0.203. The van der Waals surface area contributed by atoms with Gasteiger partial charge in [0.2, 0.25) is 5.91 Å². The van der Waals surface area contributed by atoms with Crippen LogP contribution < -0.4 is 5.32 Å². The van der Waals surface area contributed by atoms with Crippen LogP contribution >= 0.6 is 0 Å². The zero-order valence-electron chi connectivity index (χ0n) is 30.8. The molecule has 0 saturated heterocycles. The van der Waals surface area contributed by atoms with E-state index in [4.69, 9.17) is 0 Å². The first kappa shape index (κ1) is 34.1. The second-order valence-corrected chi connectivity index (χ2v) is 19.4. The minimum atomic E-state index is -0.958. The van der Waals surface area contributed by atoms with E-state index in [1.165, 1.54) is 18.4 Å². The monoisotopic (exact) mass is 655 g/mol. The van der Waals surface area contributed by atoms with Crippen molar-refractivity contribution in [2.45, 2.75) is 144 Å². The maximum atomic E-state index is 14.0. The van der Waals surface area contributed by atoms with Crippen LogP contribution in [0.15, 0.2) is 42.0 Å². The molecule has 5 heteroatoms. The van der Waals surface area contributed by atoms with Gasteiger partial charge in [-0.25, -0.2) is 4.79 Å². The molecule has 0 radical (unpaired) electrons. The summed E-state index contributed by atoms with van der Waals surface area (Å²) in [7, 11) is 0. The lowest BCUT2D eigenvalue weighted by atomic mass is 9.33. The number of benzene rings is 1. The molecule has 6 aliphatic carbocycles. The fourth-order valence-corrected chi connectivity index (χ4v) is 13.2. The highest BCUT2D eigenvalue weighted by atomic mass is 16.4. The van der Waals surface area contributed by atoms with Crippen LogP contribution in [0.5, 0.6) is 0 Å². The van der Waals surface area contributed by atoms with Crippen molar-refractivity contribution in [3.8, 4) is 0 Å². The summed E-state index contributed by atoms with van der Waals surface area (Å²) >= 11 is 0. The van der Waals surface area contributed by atoms with Crippen molar-refractivity contribution < 1.29 is 19.8 Å². The van der Waals surface area contributed by atoms with Gasteiger partial charge in [0, 0.05) is 12.8 Å². The Morgan fingerprint density at radius 3 is 2.38 bits per heavy atom. The Hall–Kier alpha value is -2.40. The predicted octanol–water partition coefficient (Wildman–Crippen LogP) is 9.14. The van der Waals surface area contributed by atoms with Crippen molar-refractivity contribution in [1.82, 2.24) is 5.32 Å². The van der Waals surface area contributed by atoms with E-state index in [-0.39, 0.29) is 44.5 Å². The molecule has 1 unspecified atom stereocenters. The molecule has 9 atom stereocenters. The molecule has 0 aromatic heterocycles. The molecule has 0 spiro atoms. The second-order valence-electron chi connectivity index (χ2n) is 19.4. The van der Waals surface area contributed by atoms with E-state index < -0.39 is 12.0 Å². The first-order chi connectivity index (χ1) is 22.5. The summed E-state index contributed by atoms with van der Waals surface area (Å²) in [4.78, 5) is 26.6. The third kappa shape index (κ3) is 5.02. The highest BCUT2D eigenvalue weighted by molar-refractivity contribution is 5.86. The van der Waals surface area contributed by atoms with Gasteiger partial charge >= 0.3 is 5.97 Å². The number of aliphatic carboxylic acids is 1. The number of allylic oxidation sites excluding steroid dienone is 3. The highest BCUT2D eigenvalue weighted by Gasteiger charge is 2.68. The zero-order valence-corrected chi connectivity index (χ0v) is 30.8. The maximum Gasteiger partial charge on any atom is 0.326 e. The maximum absolute atomic E-state index is 14.0.